The lowest BCUT2D eigenvalue weighted by Gasteiger charge is -2.18. The van der Waals surface area contributed by atoms with Crippen molar-refractivity contribution in [1.82, 2.24) is 0 Å². The van der Waals surface area contributed by atoms with Gasteiger partial charge in [0.05, 0.1) is 0 Å². The number of carbonyl (C=O) groups excluding carboxylic acids is 3. The molecule has 0 bridgehead atoms. The Morgan fingerprint density at radius 2 is 0.535 bits per heavy atom. The summed E-state index contributed by atoms with van der Waals surface area (Å²) in [6, 6.07) is 0. The maximum atomic E-state index is 12.8. The highest BCUT2D eigenvalue weighted by atomic mass is 16.6. The topological polar surface area (TPSA) is 78.9 Å². The van der Waals surface area contributed by atoms with Crippen molar-refractivity contribution in [2.75, 3.05) is 13.2 Å². The fourth-order valence-corrected chi connectivity index (χ4v) is 9.66. The first-order valence-corrected chi connectivity index (χ1v) is 31.8. The summed E-state index contributed by atoms with van der Waals surface area (Å²) in [4.78, 5) is 38.0. The van der Waals surface area contributed by atoms with E-state index in [4.69, 9.17) is 14.2 Å². The Labute approximate surface area is 443 Å². The van der Waals surface area contributed by atoms with Gasteiger partial charge in [-0.1, -0.05) is 315 Å². The molecule has 0 heterocycles. The van der Waals surface area contributed by atoms with Crippen LogP contribution in [0.25, 0.3) is 0 Å². The van der Waals surface area contributed by atoms with Crippen LogP contribution in [0, 0.1) is 0 Å². The van der Waals surface area contributed by atoms with E-state index in [-0.39, 0.29) is 31.1 Å². The highest BCUT2D eigenvalue weighted by Gasteiger charge is 2.19. The lowest BCUT2D eigenvalue weighted by atomic mass is 10.0. The number of unbranched alkanes of at least 4 members (excludes halogenated alkanes) is 44. The van der Waals surface area contributed by atoms with Crippen LogP contribution in [0.4, 0.5) is 0 Å². The molecule has 71 heavy (non-hydrogen) atoms. The molecule has 0 spiro atoms. The number of hydrogen-bond acceptors (Lipinski definition) is 6. The molecule has 0 amide bonds. The van der Waals surface area contributed by atoms with Gasteiger partial charge in [0.1, 0.15) is 13.2 Å². The second-order valence-electron chi connectivity index (χ2n) is 21.7. The van der Waals surface area contributed by atoms with Crippen LogP contribution in [0.5, 0.6) is 0 Å². The van der Waals surface area contributed by atoms with Crippen molar-refractivity contribution in [3.05, 3.63) is 24.3 Å². The van der Waals surface area contributed by atoms with Crippen molar-refractivity contribution in [3.63, 3.8) is 0 Å². The molecule has 0 saturated carbocycles. The van der Waals surface area contributed by atoms with Gasteiger partial charge in [-0.2, -0.15) is 0 Å². The number of esters is 3. The molecule has 0 aliphatic rings. The Balaban J connectivity index is 3.99. The van der Waals surface area contributed by atoms with Crippen molar-refractivity contribution >= 4 is 17.9 Å². The van der Waals surface area contributed by atoms with Crippen LogP contribution in [-0.4, -0.2) is 37.2 Å². The molecule has 0 saturated heterocycles. The van der Waals surface area contributed by atoms with E-state index in [1.165, 1.54) is 225 Å². The van der Waals surface area contributed by atoms with E-state index >= 15 is 0 Å². The molecule has 0 rings (SSSR count). The maximum absolute atomic E-state index is 12.8. The van der Waals surface area contributed by atoms with Crippen molar-refractivity contribution < 1.29 is 28.6 Å². The highest BCUT2D eigenvalue weighted by Crippen LogP contribution is 2.18. The second-order valence-corrected chi connectivity index (χ2v) is 21.7. The molecule has 0 aromatic heterocycles. The minimum atomic E-state index is -0.773. The third kappa shape index (κ3) is 58.7. The van der Waals surface area contributed by atoms with Crippen LogP contribution in [0.2, 0.25) is 0 Å². The van der Waals surface area contributed by atoms with Gasteiger partial charge in [-0.25, -0.2) is 0 Å². The predicted octanol–water partition coefficient (Wildman–Crippen LogP) is 21.4. The van der Waals surface area contributed by atoms with Crippen LogP contribution in [0.3, 0.4) is 0 Å². The zero-order chi connectivity index (χ0) is 51.4. The first-order valence-electron chi connectivity index (χ1n) is 31.8. The lowest BCUT2D eigenvalue weighted by molar-refractivity contribution is -0.167. The first-order chi connectivity index (χ1) is 35.0. The predicted molar refractivity (Wildman–Crippen MR) is 307 cm³/mol. The highest BCUT2D eigenvalue weighted by molar-refractivity contribution is 5.71. The van der Waals surface area contributed by atoms with Gasteiger partial charge < -0.3 is 14.2 Å². The lowest BCUT2D eigenvalue weighted by Crippen LogP contribution is -2.30. The average molecular weight is 1000 g/mol. The van der Waals surface area contributed by atoms with Gasteiger partial charge in [0.25, 0.3) is 0 Å². The second kappa shape index (κ2) is 60.4. The molecule has 1 unspecified atom stereocenters. The number of rotatable bonds is 59. The zero-order valence-electron chi connectivity index (χ0n) is 48.0. The van der Waals surface area contributed by atoms with E-state index in [0.29, 0.717) is 19.3 Å². The summed E-state index contributed by atoms with van der Waals surface area (Å²) in [5, 5.41) is 0. The zero-order valence-corrected chi connectivity index (χ0v) is 48.0. The largest absolute Gasteiger partial charge is 0.462 e. The molecule has 0 fully saturated rings. The smallest absolute Gasteiger partial charge is 0.306 e. The summed E-state index contributed by atoms with van der Waals surface area (Å²) in [6.45, 7) is 6.59. The standard InChI is InChI=1S/C65H122O6/c1-4-7-10-13-16-19-21-23-24-25-26-27-28-29-30-31-32-33-34-35-36-37-38-39-40-42-43-46-49-52-55-58-64(67)70-61-62(60-69-63(66)57-54-51-48-45-18-15-12-9-6-3)71-65(68)59-56-53-50-47-44-41-22-20-17-14-11-8-5-2/h11,14,20,22,62H,4-10,12-13,15-19,21,23-61H2,1-3H3/b14-11-,22-20-. The number of carbonyl (C=O) groups is 3. The van der Waals surface area contributed by atoms with Crippen LogP contribution >= 0.6 is 0 Å². The fourth-order valence-electron chi connectivity index (χ4n) is 9.66. The molecule has 0 N–H and O–H groups in total. The van der Waals surface area contributed by atoms with E-state index in [9.17, 15) is 14.4 Å². The summed E-state index contributed by atoms with van der Waals surface area (Å²) in [7, 11) is 0. The van der Waals surface area contributed by atoms with Crippen molar-refractivity contribution in [3.8, 4) is 0 Å². The first kappa shape index (κ1) is 68.9. The van der Waals surface area contributed by atoms with Crippen LogP contribution in [-0.2, 0) is 28.6 Å². The molecule has 6 heteroatoms. The van der Waals surface area contributed by atoms with Gasteiger partial charge in [-0.3, -0.25) is 14.4 Å². The van der Waals surface area contributed by atoms with Crippen molar-refractivity contribution in [2.24, 2.45) is 0 Å². The molecular weight excluding hydrogens is 877 g/mol. The van der Waals surface area contributed by atoms with E-state index < -0.39 is 6.10 Å². The Kier molecular flexibility index (Phi) is 58.6. The summed E-state index contributed by atoms with van der Waals surface area (Å²) < 4.78 is 16.8. The summed E-state index contributed by atoms with van der Waals surface area (Å²) in [6.07, 6.45) is 72.3. The molecule has 0 aliphatic heterocycles. The Morgan fingerprint density at radius 1 is 0.282 bits per heavy atom. The molecule has 0 aromatic carbocycles. The van der Waals surface area contributed by atoms with Gasteiger partial charge in [0.15, 0.2) is 6.10 Å². The third-order valence-electron chi connectivity index (χ3n) is 14.4. The summed E-state index contributed by atoms with van der Waals surface area (Å²) in [5.74, 6) is -0.869. The third-order valence-corrected chi connectivity index (χ3v) is 14.4. The Morgan fingerprint density at radius 3 is 0.831 bits per heavy atom. The van der Waals surface area contributed by atoms with Gasteiger partial charge in [0.2, 0.25) is 0 Å². The molecule has 6 nitrogen and oxygen atoms in total. The molecule has 0 aliphatic carbocycles. The molecular formula is C65H122O6. The molecule has 0 aromatic rings. The summed E-state index contributed by atoms with van der Waals surface area (Å²) >= 11 is 0. The molecule has 1 atom stereocenters. The fraction of sp³-hybridized carbons (Fsp3) is 0.892. The van der Waals surface area contributed by atoms with E-state index in [1.807, 2.05) is 0 Å². The van der Waals surface area contributed by atoms with E-state index in [2.05, 4.69) is 45.1 Å². The van der Waals surface area contributed by atoms with Crippen molar-refractivity contribution in [1.29, 1.82) is 0 Å². The minimum Gasteiger partial charge on any atom is -0.462 e. The van der Waals surface area contributed by atoms with Gasteiger partial charge >= 0.3 is 17.9 Å². The minimum absolute atomic E-state index is 0.0720. The van der Waals surface area contributed by atoms with Crippen molar-refractivity contribution in [2.45, 2.75) is 361 Å². The van der Waals surface area contributed by atoms with Gasteiger partial charge in [0, 0.05) is 19.3 Å². The van der Waals surface area contributed by atoms with Gasteiger partial charge in [-0.15, -0.1) is 0 Å². The Bertz CT molecular complexity index is 1150. The van der Waals surface area contributed by atoms with Gasteiger partial charge in [-0.05, 0) is 44.9 Å². The van der Waals surface area contributed by atoms with Crippen LogP contribution < -0.4 is 0 Å². The Hall–Kier alpha value is -2.11. The maximum Gasteiger partial charge on any atom is 0.306 e. The number of hydrogen-bond donors (Lipinski definition) is 0. The summed E-state index contributed by atoms with van der Waals surface area (Å²) in [5.41, 5.74) is 0. The van der Waals surface area contributed by atoms with E-state index in [1.54, 1.807) is 0 Å². The average Bonchev–Trinajstić information content (AvgIpc) is 3.37. The number of ether oxygens (including phenoxy) is 3. The SMILES string of the molecule is CCC/C=C\C/C=C\CCCCCCCC(=O)OC(COC(=O)CCCCCCCCCCC)COC(=O)CCCCCCCCCCCCCCCCCCCCCCCCCCCCCCCCC. The van der Waals surface area contributed by atoms with Crippen LogP contribution in [0.15, 0.2) is 24.3 Å². The van der Waals surface area contributed by atoms with E-state index in [0.717, 1.165) is 89.9 Å². The quantitative estimate of drug-likeness (QED) is 0.0261. The normalized spacial score (nSPS) is 12.1. The molecule has 0 radical (unpaired) electrons. The molecule has 418 valence electrons. The monoisotopic (exact) mass is 999 g/mol. The number of allylic oxidation sites excluding steroid dienone is 4. The van der Waals surface area contributed by atoms with Crippen LogP contribution in [0.1, 0.15) is 355 Å².